The molecule has 0 fully saturated rings. The Balaban J connectivity index is 2.38. The van der Waals surface area contributed by atoms with Crippen molar-refractivity contribution in [1.82, 2.24) is 9.97 Å². The Morgan fingerprint density at radius 1 is 1.21 bits per heavy atom. The van der Waals surface area contributed by atoms with E-state index in [1.165, 1.54) is 4.90 Å². The molecule has 4 nitrogen and oxygen atoms in total. The number of benzene rings is 1. The number of aromatic nitrogens is 2. The average molecular weight is 275 g/mol. The topological polar surface area (TPSA) is 47.0 Å². The van der Waals surface area contributed by atoms with Gasteiger partial charge in [-0.05, 0) is 18.4 Å². The number of ether oxygens (including phenoxy) is 1. The zero-order valence-corrected chi connectivity index (χ0v) is 12.1. The van der Waals surface area contributed by atoms with E-state index in [0.29, 0.717) is 12.4 Å². The number of nitrogens with zero attached hydrogens (tertiary/aromatic N) is 2. The van der Waals surface area contributed by atoms with Crippen molar-refractivity contribution < 1.29 is 4.74 Å². The predicted octanol–water partition coefficient (Wildman–Crippen LogP) is 3.05. The van der Waals surface area contributed by atoms with Crippen molar-refractivity contribution >= 4 is 17.6 Å². The van der Waals surface area contributed by atoms with Crippen LogP contribution in [0.1, 0.15) is 5.69 Å². The Hall–Kier alpha value is -1.59. The fraction of sp³-hybridized carbons (Fsp3) is 0.286. The van der Waals surface area contributed by atoms with E-state index in [0.717, 1.165) is 17.1 Å². The third-order valence-corrected chi connectivity index (χ3v) is 3.42. The molecular weight excluding hydrogens is 258 g/mol. The van der Waals surface area contributed by atoms with E-state index in [1.54, 1.807) is 18.9 Å². The summed E-state index contributed by atoms with van der Waals surface area (Å²) in [4.78, 5) is 10.2. The Kier molecular flexibility index (Phi) is 4.76. The maximum absolute atomic E-state index is 5.13. The van der Waals surface area contributed by atoms with E-state index in [4.69, 9.17) is 4.74 Å². The molecule has 0 bridgehead atoms. The van der Waals surface area contributed by atoms with Crippen LogP contribution in [0.3, 0.4) is 0 Å². The molecule has 0 saturated heterocycles. The number of methoxy groups -OCH3 is 1. The summed E-state index contributed by atoms with van der Waals surface area (Å²) in [6.07, 6.45) is 2.06. The summed E-state index contributed by atoms with van der Waals surface area (Å²) >= 11 is 1.72. The molecule has 0 atom stereocenters. The first kappa shape index (κ1) is 13.8. The molecule has 0 spiro atoms. The van der Waals surface area contributed by atoms with Crippen LogP contribution in [0.4, 0.5) is 5.82 Å². The molecule has 1 N–H and O–H groups in total. The van der Waals surface area contributed by atoms with Gasteiger partial charge >= 0.3 is 0 Å². The van der Waals surface area contributed by atoms with Crippen molar-refractivity contribution in [3.8, 4) is 11.4 Å². The molecule has 0 aliphatic carbocycles. The van der Waals surface area contributed by atoms with Crippen LogP contribution in [0, 0.1) is 0 Å². The van der Waals surface area contributed by atoms with Gasteiger partial charge in [-0.1, -0.05) is 12.1 Å². The summed E-state index contributed by atoms with van der Waals surface area (Å²) < 4.78 is 5.13. The molecule has 2 aromatic rings. The zero-order valence-electron chi connectivity index (χ0n) is 11.3. The van der Waals surface area contributed by atoms with Gasteiger partial charge in [-0.15, -0.1) is 11.8 Å². The minimum atomic E-state index is 0.479. The van der Waals surface area contributed by atoms with Crippen molar-refractivity contribution in [1.29, 1.82) is 0 Å². The maximum Gasteiger partial charge on any atom is 0.161 e. The van der Waals surface area contributed by atoms with Gasteiger partial charge < -0.3 is 10.1 Å². The molecule has 0 aliphatic heterocycles. The number of anilines is 1. The van der Waals surface area contributed by atoms with Gasteiger partial charge in [-0.3, -0.25) is 0 Å². The summed E-state index contributed by atoms with van der Waals surface area (Å²) in [5, 5.41) is 3.05. The number of nitrogens with one attached hydrogen (secondary N) is 1. The van der Waals surface area contributed by atoms with Crippen molar-refractivity contribution in [2.45, 2.75) is 11.5 Å². The third-order valence-electron chi connectivity index (χ3n) is 2.68. The highest BCUT2D eigenvalue weighted by Gasteiger charge is 2.06. The van der Waals surface area contributed by atoms with E-state index in [-0.39, 0.29) is 0 Å². The monoisotopic (exact) mass is 275 g/mol. The normalized spacial score (nSPS) is 10.5. The van der Waals surface area contributed by atoms with E-state index in [2.05, 4.69) is 33.7 Å². The number of thioether (sulfide) groups is 1. The van der Waals surface area contributed by atoms with Gasteiger partial charge in [0.1, 0.15) is 5.82 Å². The number of hydrogen-bond donors (Lipinski definition) is 1. The van der Waals surface area contributed by atoms with Gasteiger partial charge in [-0.25, -0.2) is 9.97 Å². The van der Waals surface area contributed by atoms with Crippen molar-refractivity contribution in [2.24, 2.45) is 0 Å². The fourth-order valence-corrected chi connectivity index (χ4v) is 2.12. The molecule has 0 amide bonds. The molecule has 1 aromatic heterocycles. The van der Waals surface area contributed by atoms with Crippen LogP contribution in [0.2, 0.25) is 0 Å². The van der Waals surface area contributed by atoms with Gasteiger partial charge in [0.15, 0.2) is 5.82 Å². The van der Waals surface area contributed by atoms with Crippen LogP contribution < -0.4 is 5.32 Å². The summed E-state index contributed by atoms with van der Waals surface area (Å²) in [6.45, 7) is 0.479. The van der Waals surface area contributed by atoms with Crippen LogP contribution in [-0.4, -0.2) is 30.4 Å². The highest BCUT2D eigenvalue weighted by atomic mass is 32.2. The highest BCUT2D eigenvalue weighted by Crippen LogP contribution is 2.22. The summed E-state index contributed by atoms with van der Waals surface area (Å²) in [5.74, 6) is 1.51. The SMILES string of the molecule is CNc1cc(COC)nc(-c2ccc(SC)cc2)n1. The van der Waals surface area contributed by atoms with Crippen molar-refractivity contribution in [3.05, 3.63) is 36.0 Å². The molecule has 19 heavy (non-hydrogen) atoms. The lowest BCUT2D eigenvalue weighted by atomic mass is 10.2. The quantitative estimate of drug-likeness (QED) is 0.850. The minimum absolute atomic E-state index is 0.479. The molecule has 2 rings (SSSR count). The zero-order chi connectivity index (χ0) is 13.7. The third kappa shape index (κ3) is 3.45. The highest BCUT2D eigenvalue weighted by molar-refractivity contribution is 7.98. The summed E-state index contributed by atoms with van der Waals surface area (Å²) in [5.41, 5.74) is 1.87. The molecule has 0 unspecified atom stereocenters. The van der Waals surface area contributed by atoms with Crippen molar-refractivity contribution in [3.63, 3.8) is 0 Å². The molecule has 100 valence electrons. The first-order valence-corrected chi connectivity index (χ1v) is 7.18. The first-order chi connectivity index (χ1) is 9.26. The van der Waals surface area contributed by atoms with Gasteiger partial charge in [0.05, 0.1) is 12.3 Å². The fourth-order valence-electron chi connectivity index (χ4n) is 1.72. The molecule has 0 saturated carbocycles. The summed E-state index contributed by atoms with van der Waals surface area (Å²) in [7, 11) is 3.51. The van der Waals surface area contributed by atoms with Gasteiger partial charge in [0.25, 0.3) is 0 Å². The second-order valence-corrected chi connectivity index (χ2v) is 4.86. The van der Waals surface area contributed by atoms with Crippen LogP contribution >= 0.6 is 11.8 Å². The Labute approximate surface area is 117 Å². The molecule has 1 heterocycles. The van der Waals surface area contributed by atoms with Crippen LogP contribution in [-0.2, 0) is 11.3 Å². The first-order valence-electron chi connectivity index (χ1n) is 5.96. The Morgan fingerprint density at radius 2 is 1.95 bits per heavy atom. The molecule has 0 radical (unpaired) electrons. The lowest BCUT2D eigenvalue weighted by Gasteiger charge is -2.08. The minimum Gasteiger partial charge on any atom is -0.378 e. The van der Waals surface area contributed by atoms with E-state index < -0.39 is 0 Å². The molecule has 5 heteroatoms. The Morgan fingerprint density at radius 3 is 2.53 bits per heavy atom. The predicted molar refractivity (Wildman–Crippen MR) is 79.5 cm³/mol. The molecule has 0 aliphatic rings. The van der Waals surface area contributed by atoms with Gasteiger partial charge in [0.2, 0.25) is 0 Å². The molecule has 1 aromatic carbocycles. The lowest BCUT2D eigenvalue weighted by Crippen LogP contribution is -2.01. The maximum atomic E-state index is 5.13. The number of rotatable bonds is 5. The van der Waals surface area contributed by atoms with Crippen LogP contribution in [0.25, 0.3) is 11.4 Å². The van der Waals surface area contributed by atoms with Crippen LogP contribution in [0.5, 0.6) is 0 Å². The van der Waals surface area contributed by atoms with Crippen molar-refractivity contribution in [2.75, 3.05) is 25.7 Å². The smallest absolute Gasteiger partial charge is 0.161 e. The lowest BCUT2D eigenvalue weighted by molar-refractivity contribution is 0.181. The second-order valence-electron chi connectivity index (χ2n) is 3.98. The van der Waals surface area contributed by atoms with E-state index >= 15 is 0 Å². The molecular formula is C14H17N3OS. The second kappa shape index (κ2) is 6.54. The van der Waals surface area contributed by atoms with Gasteiger partial charge in [-0.2, -0.15) is 0 Å². The summed E-state index contributed by atoms with van der Waals surface area (Å²) in [6, 6.07) is 10.1. The number of hydrogen-bond acceptors (Lipinski definition) is 5. The van der Waals surface area contributed by atoms with Crippen LogP contribution in [0.15, 0.2) is 35.2 Å². The largest absolute Gasteiger partial charge is 0.378 e. The average Bonchev–Trinajstić information content (AvgIpc) is 2.47. The Bertz CT molecular complexity index is 543. The standard InChI is InChI=1S/C14H17N3OS/c1-15-13-8-11(9-18-2)16-14(17-13)10-4-6-12(19-3)7-5-10/h4-8H,9H2,1-3H3,(H,15,16,17). The van der Waals surface area contributed by atoms with E-state index in [1.807, 2.05) is 25.2 Å². The van der Waals surface area contributed by atoms with Gasteiger partial charge in [0, 0.05) is 30.7 Å². The van der Waals surface area contributed by atoms with E-state index in [9.17, 15) is 0 Å².